The SMILES string of the molecule is O=[N+]([O-])/C=C/c1ccc([N+](=O)[O-])cc1O. The fourth-order valence-electron chi connectivity index (χ4n) is 0.928. The van der Waals surface area contributed by atoms with E-state index in [9.17, 15) is 25.3 Å². The maximum absolute atomic E-state index is 10.3. The van der Waals surface area contributed by atoms with E-state index in [4.69, 9.17) is 0 Å². The zero-order valence-electron chi connectivity index (χ0n) is 7.36. The lowest BCUT2D eigenvalue weighted by molar-refractivity contribution is -0.401. The number of phenolic OH excluding ortho intramolecular Hbond substituents is 1. The molecule has 0 atom stereocenters. The molecule has 0 aromatic heterocycles. The number of non-ortho nitro benzene ring substituents is 1. The molecule has 0 aliphatic carbocycles. The molecule has 0 heterocycles. The largest absolute Gasteiger partial charge is 0.507 e. The van der Waals surface area contributed by atoms with E-state index in [2.05, 4.69) is 0 Å². The summed E-state index contributed by atoms with van der Waals surface area (Å²) in [5, 5.41) is 29.6. The average molecular weight is 210 g/mol. The molecule has 0 bridgehead atoms. The van der Waals surface area contributed by atoms with Crippen LogP contribution in [0.4, 0.5) is 5.69 Å². The Labute approximate surface area is 83.6 Å². The highest BCUT2D eigenvalue weighted by molar-refractivity contribution is 5.59. The lowest BCUT2D eigenvalue weighted by Crippen LogP contribution is -1.88. The standard InChI is InChI=1S/C8H6N2O5/c11-8-5-7(10(14)15)2-1-6(8)3-4-9(12)13/h1-5,11H/b4-3+. The molecule has 0 spiro atoms. The molecule has 0 radical (unpaired) electrons. The number of nitro benzene ring substituents is 1. The van der Waals surface area contributed by atoms with E-state index in [-0.39, 0.29) is 17.0 Å². The molecule has 0 saturated heterocycles. The van der Waals surface area contributed by atoms with Gasteiger partial charge >= 0.3 is 0 Å². The molecule has 15 heavy (non-hydrogen) atoms. The Morgan fingerprint density at radius 2 is 1.93 bits per heavy atom. The van der Waals surface area contributed by atoms with Gasteiger partial charge in [-0.3, -0.25) is 20.2 Å². The molecule has 0 aliphatic rings. The van der Waals surface area contributed by atoms with Gasteiger partial charge in [0.25, 0.3) is 5.69 Å². The summed E-state index contributed by atoms with van der Waals surface area (Å²) in [6.45, 7) is 0. The fourth-order valence-corrected chi connectivity index (χ4v) is 0.928. The van der Waals surface area contributed by atoms with Crippen molar-refractivity contribution in [2.75, 3.05) is 0 Å². The van der Waals surface area contributed by atoms with Crippen molar-refractivity contribution in [3.8, 4) is 5.75 Å². The van der Waals surface area contributed by atoms with Crippen LogP contribution in [0.5, 0.6) is 5.75 Å². The Morgan fingerprint density at radius 3 is 2.40 bits per heavy atom. The van der Waals surface area contributed by atoms with Gasteiger partial charge in [0.05, 0.1) is 15.9 Å². The van der Waals surface area contributed by atoms with Gasteiger partial charge in [-0.05, 0) is 6.07 Å². The number of nitro groups is 2. The predicted molar refractivity (Wildman–Crippen MR) is 50.8 cm³/mol. The van der Waals surface area contributed by atoms with Crippen molar-refractivity contribution in [3.63, 3.8) is 0 Å². The quantitative estimate of drug-likeness (QED) is 0.601. The summed E-state index contributed by atoms with van der Waals surface area (Å²) < 4.78 is 0. The summed E-state index contributed by atoms with van der Waals surface area (Å²) in [7, 11) is 0. The summed E-state index contributed by atoms with van der Waals surface area (Å²) in [6.07, 6.45) is 1.69. The van der Waals surface area contributed by atoms with Gasteiger partial charge in [0.15, 0.2) is 0 Å². The van der Waals surface area contributed by atoms with Crippen molar-refractivity contribution >= 4 is 11.8 Å². The lowest BCUT2D eigenvalue weighted by Gasteiger charge is -1.97. The Morgan fingerprint density at radius 1 is 1.27 bits per heavy atom. The van der Waals surface area contributed by atoms with Gasteiger partial charge in [0, 0.05) is 17.7 Å². The zero-order chi connectivity index (χ0) is 11.4. The van der Waals surface area contributed by atoms with Crippen LogP contribution in [0.25, 0.3) is 6.08 Å². The van der Waals surface area contributed by atoms with Crippen LogP contribution in [0.15, 0.2) is 24.4 Å². The molecular weight excluding hydrogens is 204 g/mol. The van der Waals surface area contributed by atoms with Crippen molar-refractivity contribution in [2.24, 2.45) is 0 Å². The molecule has 1 rings (SSSR count). The highest BCUT2D eigenvalue weighted by Gasteiger charge is 2.08. The van der Waals surface area contributed by atoms with Gasteiger partial charge in [-0.1, -0.05) is 0 Å². The average Bonchev–Trinajstić information content (AvgIpc) is 2.15. The molecule has 78 valence electrons. The van der Waals surface area contributed by atoms with Crippen molar-refractivity contribution in [1.29, 1.82) is 0 Å². The van der Waals surface area contributed by atoms with Crippen molar-refractivity contribution < 1.29 is 15.0 Å². The van der Waals surface area contributed by atoms with Gasteiger partial charge in [-0.2, -0.15) is 0 Å². The third-order valence-electron chi connectivity index (χ3n) is 1.60. The molecule has 7 nitrogen and oxygen atoms in total. The summed E-state index contributed by atoms with van der Waals surface area (Å²) in [6, 6.07) is 3.31. The molecule has 0 unspecified atom stereocenters. The van der Waals surface area contributed by atoms with Gasteiger partial charge in [-0.25, -0.2) is 0 Å². The summed E-state index contributed by atoms with van der Waals surface area (Å²) in [5.41, 5.74) is -0.122. The number of nitrogens with zero attached hydrogens (tertiary/aromatic N) is 2. The van der Waals surface area contributed by atoms with E-state index in [1.165, 1.54) is 6.07 Å². The normalized spacial score (nSPS) is 10.4. The van der Waals surface area contributed by atoms with E-state index < -0.39 is 9.85 Å². The Kier molecular flexibility index (Phi) is 2.97. The first-order chi connectivity index (χ1) is 7.00. The molecule has 1 aromatic rings. The van der Waals surface area contributed by atoms with E-state index in [0.29, 0.717) is 6.20 Å². The van der Waals surface area contributed by atoms with Crippen molar-refractivity contribution in [1.82, 2.24) is 0 Å². The van der Waals surface area contributed by atoms with Crippen LogP contribution in [0.2, 0.25) is 0 Å². The van der Waals surface area contributed by atoms with E-state index in [1.54, 1.807) is 0 Å². The third-order valence-corrected chi connectivity index (χ3v) is 1.60. The summed E-state index contributed by atoms with van der Waals surface area (Å²) in [5.74, 6) is -0.373. The highest BCUT2D eigenvalue weighted by Crippen LogP contribution is 2.24. The van der Waals surface area contributed by atoms with Crippen LogP contribution in [-0.4, -0.2) is 15.0 Å². The Bertz CT molecular complexity index is 441. The van der Waals surface area contributed by atoms with Crippen LogP contribution in [-0.2, 0) is 0 Å². The van der Waals surface area contributed by atoms with Gasteiger partial charge in [0.1, 0.15) is 5.75 Å². The second kappa shape index (κ2) is 4.18. The highest BCUT2D eigenvalue weighted by atomic mass is 16.6. The topological polar surface area (TPSA) is 107 Å². The maximum atomic E-state index is 10.3. The number of hydrogen-bond acceptors (Lipinski definition) is 5. The molecule has 0 aliphatic heterocycles. The maximum Gasteiger partial charge on any atom is 0.273 e. The van der Waals surface area contributed by atoms with Crippen LogP contribution in [0, 0.1) is 20.2 Å². The van der Waals surface area contributed by atoms with E-state index in [0.717, 1.165) is 18.2 Å². The molecule has 1 N–H and O–H groups in total. The van der Waals surface area contributed by atoms with E-state index >= 15 is 0 Å². The molecule has 0 saturated carbocycles. The molecule has 0 fully saturated rings. The number of rotatable bonds is 3. The Hall–Kier alpha value is -2.44. The first-order valence-electron chi connectivity index (χ1n) is 3.80. The predicted octanol–water partition coefficient (Wildman–Crippen LogP) is 1.55. The van der Waals surface area contributed by atoms with Crippen LogP contribution < -0.4 is 0 Å². The molecular formula is C8H6N2O5. The zero-order valence-corrected chi connectivity index (χ0v) is 7.36. The van der Waals surface area contributed by atoms with Gasteiger partial charge in [-0.15, -0.1) is 0 Å². The van der Waals surface area contributed by atoms with Gasteiger partial charge < -0.3 is 5.11 Å². The number of benzene rings is 1. The van der Waals surface area contributed by atoms with Crippen molar-refractivity contribution in [2.45, 2.75) is 0 Å². The first kappa shape index (κ1) is 10.6. The molecule has 7 heteroatoms. The second-order valence-electron chi connectivity index (χ2n) is 2.60. The minimum atomic E-state index is -0.694. The summed E-state index contributed by atoms with van der Waals surface area (Å²) in [4.78, 5) is 18.9. The van der Waals surface area contributed by atoms with Crippen molar-refractivity contribution in [3.05, 3.63) is 50.2 Å². The minimum Gasteiger partial charge on any atom is -0.507 e. The lowest BCUT2D eigenvalue weighted by atomic mass is 10.2. The number of phenols is 1. The summed E-state index contributed by atoms with van der Waals surface area (Å²) >= 11 is 0. The van der Waals surface area contributed by atoms with Crippen LogP contribution >= 0.6 is 0 Å². The monoisotopic (exact) mass is 210 g/mol. The minimum absolute atomic E-state index is 0.150. The first-order valence-corrected chi connectivity index (χ1v) is 3.80. The molecule has 1 aromatic carbocycles. The van der Waals surface area contributed by atoms with Crippen LogP contribution in [0.3, 0.4) is 0 Å². The van der Waals surface area contributed by atoms with E-state index in [1.807, 2.05) is 0 Å². The smallest absolute Gasteiger partial charge is 0.273 e. The molecule has 0 amide bonds. The second-order valence-corrected chi connectivity index (χ2v) is 2.60. The third kappa shape index (κ3) is 2.76. The number of hydrogen-bond donors (Lipinski definition) is 1. The Balaban J connectivity index is 3.03. The van der Waals surface area contributed by atoms with Gasteiger partial charge in [0.2, 0.25) is 6.20 Å². The fraction of sp³-hybridized carbons (Fsp3) is 0. The number of aromatic hydroxyl groups is 1. The van der Waals surface area contributed by atoms with Crippen LogP contribution in [0.1, 0.15) is 5.56 Å².